The van der Waals surface area contributed by atoms with E-state index in [9.17, 15) is 53.1 Å². The molecule has 0 radical (unpaired) electrons. The molecule has 1 heterocycles. The summed E-state index contributed by atoms with van der Waals surface area (Å²) in [6.45, 7) is 1.08. The highest BCUT2D eigenvalue weighted by Crippen LogP contribution is 2.19. The van der Waals surface area contributed by atoms with Crippen LogP contribution in [-0.2, 0) is 60.8 Å². The molecule has 0 bridgehead atoms. The molecule has 21 nitrogen and oxygen atoms in total. The molecule has 0 aliphatic carbocycles. The number of aliphatic carboxylic acids is 1. The number of carboxylic acid groups (broad SMARTS) is 1. The highest BCUT2D eigenvalue weighted by molar-refractivity contribution is 5.98. The molecule has 1 aromatic heterocycles. The molecule has 0 spiro atoms. The number of carboxylic acids is 1. The minimum absolute atomic E-state index is 0.00790. The predicted octanol–water partition coefficient (Wildman–Crippen LogP) is -1.36. The Bertz CT molecular complexity index is 2160. The van der Waals surface area contributed by atoms with E-state index in [4.69, 9.17) is 11.5 Å². The Morgan fingerprint density at radius 3 is 1.97 bits per heavy atom. The summed E-state index contributed by atoms with van der Waals surface area (Å²) in [6, 6.07) is 9.11. The number of hydrogen-bond donors (Lipinski definition) is 11. The molecule has 0 aliphatic rings. The fourth-order valence-electron chi connectivity index (χ4n) is 6.69. The second-order valence-corrected chi connectivity index (χ2v) is 15.1. The normalized spacial score (nSPS) is 13.3. The number of amides is 8. The Balaban J connectivity index is 1.78. The fraction of sp³-hybridized carbons (Fsp3) is 0.409. The number of fused-ring (bicyclic) bond motifs is 1. The number of aromatic amines is 1. The molecular weight excluding hydrogens is 845 g/mol. The van der Waals surface area contributed by atoms with Crippen molar-refractivity contribution >= 4 is 70.4 Å². The number of allylic oxidation sites excluding steroid dienone is 1. The van der Waals surface area contributed by atoms with Gasteiger partial charge >= 0.3 is 5.97 Å². The molecule has 0 saturated heterocycles. The van der Waals surface area contributed by atoms with Crippen LogP contribution in [0.3, 0.4) is 0 Å². The maximum Gasteiger partial charge on any atom is 0.305 e. The van der Waals surface area contributed by atoms with Crippen molar-refractivity contribution in [2.45, 2.75) is 94.9 Å². The van der Waals surface area contributed by atoms with Crippen molar-refractivity contribution in [1.82, 2.24) is 42.2 Å². The van der Waals surface area contributed by atoms with Crippen LogP contribution in [0.15, 0.2) is 72.9 Å². The summed E-state index contributed by atoms with van der Waals surface area (Å²) in [5.41, 5.74) is 13.3. The topological polar surface area (TPSA) is 343 Å². The van der Waals surface area contributed by atoms with Crippen LogP contribution in [0.5, 0.6) is 0 Å². The van der Waals surface area contributed by atoms with Crippen molar-refractivity contribution in [3.05, 3.63) is 84.1 Å². The van der Waals surface area contributed by atoms with Crippen LogP contribution in [0.2, 0.25) is 0 Å². The van der Waals surface area contributed by atoms with E-state index in [-0.39, 0.29) is 38.8 Å². The largest absolute Gasteiger partial charge is 0.481 e. The van der Waals surface area contributed by atoms with Crippen LogP contribution < -0.4 is 48.7 Å². The first-order valence-corrected chi connectivity index (χ1v) is 21.1. The number of aromatic nitrogens is 1. The lowest BCUT2D eigenvalue weighted by Crippen LogP contribution is -2.59. The minimum atomic E-state index is -1.70. The zero-order valence-corrected chi connectivity index (χ0v) is 36.1. The van der Waals surface area contributed by atoms with Gasteiger partial charge < -0.3 is 58.8 Å². The molecule has 5 unspecified atom stereocenters. The number of nitrogens with one attached hydrogen (secondary N) is 8. The molecule has 3 aromatic rings. The molecule has 0 fully saturated rings. The monoisotopic (exact) mass is 902 g/mol. The number of benzene rings is 2. The SMILES string of the molecule is CC(=O)NC(CCCCNC(=O)C=CC=O)C(=O)NCC(=O)NC(Cc1c[nH]c2ccccc12)C(=O)NC(CCCCN)C(=O)NC(CC(=O)O)C(=O)NC(Cc1ccccc1)C(N)=O. The summed E-state index contributed by atoms with van der Waals surface area (Å²) in [5, 5.41) is 28.1. The smallest absolute Gasteiger partial charge is 0.305 e. The summed E-state index contributed by atoms with van der Waals surface area (Å²) in [5.74, 6) is -7.57. The van der Waals surface area contributed by atoms with Gasteiger partial charge in [-0.2, -0.15) is 0 Å². The lowest BCUT2D eigenvalue weighted by atomic mass is 10.0. The number of primary amides is 1. The highest BCUT2D eigenvalue weighted by Gasteiger charge is 2.33. The van der Waals surface area contributed by atoms with Crippen molar-refractivity contribution in [3.8, 4) is 0 Å². The number of unbranched alkanes of at least 4 members (excludes halogenated alkanes) is 2. The fourth-order valence-corrected chi connectivity index (χ4v) is 6.69. The van der Waals surface area contributed by atoms with E-state index in [0.29, 0.717) is 43.1 Å². The Kier molecular flexibility index (Phi) is 22.0. The van der Waals surface area contributed by atoms with Crippen molar-refractivity contribution < 1.29 is 53.1 Å². The Morgan fingerprint density at radius 2 is 1.31 bits per heavy atom. The zero-order chi connectivity index (χ0) is 47.7. The van der Waals surface area contributed by atoms with E-state index in [1.165, 1.54) is 6.92 Å². The van der Waals surface area contributed by atoms with Crippen LogP contribution in [0.4, 0.5) is 0 Å². The van der Waals surface area contributed by atoms with Gasteiger partial charge in [-0.15, -0.1) is 0 Å². The first-order valence-electron chi connectivity index (χ1n) is 21.1. The standard InChI is InChI=1S/C44H58N10O11/c1-27(56)50-32(17-8-10-20-47-37(57)18-11-21-55)41(62)49-26-38(58)51-35(23-29-25-48-31-15-6-5-14-30(29)31)43(64)52-33(16-7-9-19-45)42(63)54-36(24-39(59)60)44(65)53-34(40(46)61)22-28-12-3-2-4-13-28/h2-6,11-15,18,21,25,32-36,48H,7-10,16-17,19-20,22-24,26,45H2,1H3,(H2,46,61)(H,47,57)(H,49,62)(H,50,56)(H,51,58)(H,52,64)(H,53,65)(H,54,63)(H,59,60). The Morgan fingerprint density at radius 1 is 0.692 bits per heavy atom. The Labute approximate surface area is 375 Å². The minimum Gasteiger partial charge on any atom is -0.481 e. The van der Waals surface area contributed by atoms with E-state index >= 15 is 0 Å². The lowest BCUT2D eigenvalue weighted by Gasteiger charge is -2.26. The summed E-state index contributed by atoms with van der Waals surface area (Å²) < 4.78 is 0. The maximum absolute atomic E-state index is 14.2. The molecule has 8 amide bonds. The number of H-pyrrole nitrogens is 1. The van der Waals surface area contributed by atoms with Gasteiger partial charge in [-0.25, -0.2) is 0 Å². The number of aldehydes is 1. The number of para-hydroxylation sites is 1. The van der Waals surface area contributed by atoms with Crippen LogP contribution >= 0.6 is 0 Å². The molecule has 3 rings (SSSR count). The average Bonchev–Trinajstić information content (AvgIpc) is 3.68. The first-order chi connectivity index (χ1) is 31.1. The van der Waals surface area contributed by atoms with E-state index in [1.807, 2.05) is 6.07 Å². The third kappa shape index (κ3) is 18.8. The van der Waals surface area contributed by atoms with Crippen molar-refractivity contribution in [1.29, 1.82) is 0 Å². The second-order valence-electron chi connectivity index (χ2n) is 15.1. The second kappa shape index (κ2) is 27.6. The third-order valence-electron chi connectivity index (χ3n) is 9.95. The quantitative estimate of drug-likeness (QED) is 0.0219. The van der Waals surface area contributed by atoms with Crippen LogP contribution in [-0.4, -0.2) is 119 Å². The van der Waals surface area contributed by atoms with Gasteiger partial charge in [-0.1, -0.05) is 48.5 Å². The first kappa shape index (κ1) is 51.9. The van der Waals surface area contributed by atoms with Crippen molar-refractivity contribution in [2.24, 2.45) is 11.5 Å². The van der Waals surface area contributed by atoms with Gasteiger partial charge in [0.25, 0.3) is 0 Å². The number of nitrogens with two attached hydrogens (primary N) is 2. The molecule has 65 heavy (non-hydrogen) atoms. The van der Waals surface area contributed by atoms with Gasteiger partial charge in [-0.3, -0.25) is 47.9 Å². The number of rotatable bonds is 29. The molecule has 2 aromatic carbocycles. The molecule has 5 atom stereocenters. The highest BCUT2D eigenvalue weighted by atomic mass is 16.4. The summed E-state index contributed by atoms with van der Waals surface area (Å²) in [4.78, 5) is 129. The zero-order valence-electron chi connectivity index (χ0n) is 36.1. The summed E-state index contributed by atoms with van der Waals surface area (Å²) in [7, 11) is 0. The maximum atomic E-state index is 14.2. The molecule has 21 heteroatoms. The molecule has 350 valence electrons. The summed E-state index contributed by atoms with van der Waals surface area (Å²) >= 11 is 0. The van der Waals surface area contributed by atoms with Gasteiger partial charge in [0.1, 0.15) is 36.5 Å². The van der Waals surface area contributed by atoms with Crippen molar-refractivity contribution in [2.75, 3.05) is 19.6 Å². The van der Waals surface area contributed by atoms with Crippen LogP contribution in [0.25, 0.3) is 10.9 Å². The molecular formula is C44H58N10O11. The van der Waals surface area contributed by atoms with Gasteiger partial charge in [0, 0.05) is 49.5 Å². The predicted molar refractivity (Wildman–Crippen MR) is 237 cm³/mol. The van der Waals surface area contributed by atoms with Gasteiger partial charge in [0.2, 0.25) is 47.3 Å². The number of carbonyl (C=O) groups excluding carboxylic acids is 9. The van der Waals surface area contributed by atoms with E-state index in [0.717, 1.165) is 23.1 Å². The molecule has 0 saturated carbocycles. The van der Waals surface area contributed by atoms with Crippen molar-refractivity contribution in [3.63, 3.8) is 0 Å². The van der Waals surface area contributed by atoms with Crippen LogP contribution in [0, 0.1) is 0 Å². The van der Waals surface area contributed by atoms with E-state index in [1.54, 1.807) is 54.7 Å². The van der Waals surface area contributed by atoms with Gasteiger partial charge in [-0.05, 0) is 68.3 Å². The Hall–Kier alpha value is -7.42. The van der Waals surface area contributed by atoms with Crippen LogP contribution in [0.1, 0.15) is 63.0 Å². The number of carbonyl (C=O) groups is 10. The summed E-state index contributed by atoms with van der Waals surface area (Å²) in [6.07, 6.45) is 4.96. The van der Waals surface area contributed by atoms with Gasteiger partial charge in [0.05, 0.1) is 13.0 Å². The molecule has 13 N–H and O–H groups in total. The van der Waals surface area contributed by atoms with E-state index < -0.39 is 96.4 Å². The lowest BCUT2D eigenvalue weighted by molar-refractivity contribution is -0.141. The third-order valence-corrected chi connectivity index (χ3v) is 9.95. The van der Waals surface area contributed by atoms with E-state index in [2.05, 4.69) is 42.2 Å². The molecule has 0 aliphatic heterocycles. The number of hydrogen-bond acceptors (Lipinski definition) is 11. The average molecular weight is 903 g/mol. The van der Waals surface area contributed by atoms with Gasteiger partial charge in [0.15, 0.2) is 0 Å².